The lowest BCUT2D eigenvalue weighted by Crippen LogP contribution is -2.46. The minimum Gasteiger partial charge on any atom is -0.465 e. The second-order valence-electron chi connectivity index (χ2n) is 2.46. The van der Waals surface area contributed by atoms with Crippen molar-refractivity contribution in [3.05, 3.63) is 0 Å². The second kappa shape index (κ2) is 4.11. The lowest BCUT2D eigenvalue weighted by Gasteiger charge is -2.19. The summed E-state index contributed by atoms with van der Waals surface area (Å²) in [6.07, 6.45) is -1.15. The zero-order valence-corrected chi connectivity index (χ0v) is 6.51. The van der Waals surface area contributed by atoms with Gasteiger partial charge in [-0.15, -0.1) is 0 Å². The van der Waals surface area contributed by atoms with Crippen molar-refractivity contribution in [3.63, 3.8) is 0 Å². The van der Waals surface area contributed by atoms with E-state index < -0.39 is 6.09 Å². The van der Waals surface area contributed by atoms with Gasteiger partial charge in [-0.2, -0.15) is 0 Å². The quantitative estimate of drug-likeness (QED) is 0.507. The molecule has 3 N–H and O–H groups in total. The fourth-order valence-electron chi connectivity index (χ4n) is 0.705. The van der Waals surface area contributed by atoms with Crippen LogP contribution in [0.5, 0.6) is 0 Å². The zero-order valence-electron chi connectivity index (χ0n) is 6.51. The van der Waals surface area contributed by atoms with E-state index in [-0.39, 0.29) is 12.1 Å². The maximum absolute atomic E-state index is 10.1. The van der Waals surface area contributed by atoms with E-state index in [1.165, 1.54) is 0 Å². The molecule has 0 heterocycles. The Hall–Kier alpha value is -0.770. The Morgan fingerprint density at radius 2 is 2.00 bits per heavy atom. The molecule has 0 radical (unpaired) electrons. The Morgan fingerprint density at radius 1 is 1.50 bits per heavy atom. The minimum absolute atomic E-state index is 0.155. The van der Waals surface area contributed by atoms with Gasteiger partial charge in [-0.1, -0.05) is 13.8 Å². The maximum Gasteiger partial charge on any atom is 0.405 e. The average Bonchev–Trinajstić information content (AvgIpc) is 1.81. The zero-order chi connectivity index (χ0) is 8.15. The van der Waals surface area contributed by atoms with E-state index in [2.05, 4.69) is 10.6 Å². The SMILES string of the molecule is CNC(NC(=O)O)C(C)C. The number of carboxylic acid groups (broad SMARTS) is 1. The van der Waals surface area contributed by atoms with Crippen molar-refractivity contribution < 1.29 is 9.90 Å². The number of carbonyl (C=O) groups is 1. The molecule has 0 rings (SSSR count). The van der Waals surface area contributed by atoms with Crippen molar-refractivity contribution in [2.24, 2.45) is 5.92 Å². The van der Waals surface area contributed by atoms with E-state index in [0.29, 0.717) is 0 Å². The van der Waals surface area contributed by atoms with Gasteiger partial charge in [-0.25, -0.2) is 4.79 Å². The normalized spacial score (nSPS) is 13.2. The highest BCUT2D eigenvalue weighted by molar-refractivity contribution is 5.64. The summed E-state index contributed by atoms with van der Waals surface area (Å²) >= 11 is 0. The lowest BCUT2D eigenvalue weighted by atomic mass is 10.1. The summed E-state index contributed by atoms with van der Waals surface area (Å²) in [6, 6.07) is 0. The largest absolute Gasteiger partial charge is 0.465 e. The van der Waals surface area contributed by atoms with Crippen LogP contribution in [0.15, 0.2) is 0 Å². The Bertz CT molecular complexity index is 114. The van der Waals surface area contributed by atoms with E-state index >= 15 is 0 Å². The van der Waals surface area contributed by atoms with Crippen LogP contribution in [0.3, 0.4) is 0 Å². The third kappa shape index (κ3) is 3.29. The van der Waals surface area contributed by atoms with Gasteiger partial charge in [0.1, 0.15) is 0 Å². The molecular formula is C6H14N2O2. The molecule has 0 aliphatic rings. The molecule has 1 unspecified atom stereocenters. The Balaban J connectivity index is 3.71. The molecule has 0 spiro atoms. The number of rotatable bonds is 3. The summed E-state index contributed by atoms with van der Waals surface area (Å²) in [5, 5.41) is 13.5. The Labute approximate surface area is 60.6 Å². The molecule has 0 aromatic rings. The van der Waals surface area contributed by atoms with Crippen LogP contribution in [0.25, 0.3) is 0 Å². The van der Waals surface area contributed by atoms with Crippen molar-refractivity contribution in [1.29, 1.82) is 0 Å². The van der Waals surface area contributed by atoms with Crippen LogP contribution in [0.2, 0.25) is 0 Å². The van der Waals surface area contributed by atoms with Gasteiger partial charge in [0.05, 0.1) is 6.17 Å². The van der Waals surface area contributed by atoms with E-state index in [1.54, 1.807) is 7.05 Å². The second-order valence-corrected chi connectivity index (χ2v) is 2.46. The van der Waals surface area contributed by atoms with Crippen LogP contribution in [-0.2, 0) is 0 Å². The highest BCUT2D eigenvalue weighted by atomic mass is 16.4. The van der Waals surface area contributed by atoms with Gasteiger partial charge in [0.2, 0.25) is 0 Å². The highest BCUT2D eigenvalue weighted by Crippen LogP contribution is 1.95. The summed E-state index contributed by atoms with van der Waals surface area (Å²) in [6.45, 7) is 3.88. The lowest BCUT2D eigenvalue weighted by molar-refractivity contribution is 0.182. The van der Waals surface area contributed by atoms with Crippen LogP contribution >= 0.6 is 0 Å². The summed E-state index contributed by atoms with van der Waals surface area (Å²) in [5.74, 6) is 0.265. The van der Waals surface area contributed by atoms with Gasteiger partial charge in [-0.05, 0) is 13.0 Å². The predicted molar refractivity (Wildman–Crippen MR) is 38.8 cm³/mol. The monoisotopic (exact) mass is 146 g/mol. The van der Waals surface area contributed by atoms with Crippen LogP contribution < -0.4 is 10.6 Å². The third-order valence-corrected chi connectivity index (χ3v) is 1.26. The molecule has 0 aliphatic heterocycles. The smallest absolute Gasteiger partial charge is 0.405 e. The maximum atomic E-state index is 10.1. The fraction of sp³-hybridized carbons (Fsp3) is 0.833. The highest BCUT2D eigenvalue weighted by Gasteiger charge is 2.11. The van der Waals surface area contributed by atoms with Crippen LogP contribution in [0.4, 0.5) is 4.79 Å². The average molecular weight is 146 g/mol. The predicted octanol–water partition coefficient (Wildman–Crippen LogP) is 0.455. The molecule has 60 valence electrons. The Kier molecular flexibility index (Phi) is 3.79. The van der Waals surface area contributed by atoms with Crippen molar-refractivity contribution in [2.75, 3.05) is 7.05 Å². The summed E-state index contributed by atoms with van der Waals surface area (Å²) in [5.41, 5.74) is 0. The number of hydrogen-bond acceptors (Lipinski definition) is 2. The van der Waals surface area contributed by atoms with E-state index in [0.717, 1.165) is 0 Å². The topological polar surface area (TPSA) is 61.4 Å². The third-order valence-electron chi connectivity index (χ3n) is 1.26. The fourth-order valence-corrected chi connectivity index (χ4v) is 0.705. The van der Waals surface area contributed by atoms with Gasteiger partial charge in [-0.3, -0.25) is 0 Å². The van der Waals surface area contributed by atoms with E-state index in [9.17, 15) is 4.79 Å². The van der Waals surface area contributed by atoms with E-state index in [4.69, 9.17) is 5.11 Å². The standard InChI is InChI=1S/C6H14N2O2/c1-4(2)5(7-3)8-6(9)10/h4-5,7-8H,1-3H3,(H,9,10). The molecule has 1 amide bonds. The first-order chi connectivity index (χ1) is 4.57. The minimum atomic E-state index is -0.993. The molecule has 0 aromatic carbocycles. The van der Waals surface area contributed by atoms with Crippen molar-refractivity contribution in [2.45, 2.75) is 20.0 Å². The molecule has 0 aromatic heterocycles. The van der Waals surface area contributed by atoms with Gasteiger partial charge in [0, 0.05) is 0 Å². The summed E-state index contributed by atoms with van der Waals surface area (Å²) in [4.78, 5) is 10.1. The van der Waals surface area contributed by atoms with Gasteiger partial charge in [0.25, 0.3) is 0 Å². The molecule has 10 heavy (non-hydrogen) atoms. The first kappa shape index (κ1) is 9.23. The first-order valence-electron chi connectivity index (χ1n) is 3.24. The molecule has 0 aliphatic carbocycles. The molecule has 0 saturated heterocycles. The Morgan fingerprint density at radius 3 is 2.10 bits per heavy atom. The summed E-state index contributed by atoms with van der Waals surface area (Å²) < 4.78 is 0. The van der Waals surface area contributed by atoms with Crippen molar-refractivity contribution in [3.8, 4) is 0 Å². The molecular weight excluding hydrogens is 132 g/mol. The van der Waals surface area contributed by atoms with Crippen LogP contribution in [-0.4, -0.2) is 24.4 Å². The summed E-state index contributed by atoms with van der Waals surface area (Å²) in [7, 11) is 1.72. The number of amides is 1. The van der Waals surface area contributed by atoms with Gasteiger partial charge in [0.15, 0.2) is 0 Å². The van der Waals surface area contributed by atoms with E-state index in [1.807, 2.05) is 13.8 Å². The number of hydrogen-bond donors (Lipinski definition) is 3. The van der Waals surface area contributed by atoms with Crippen molar-refractivity contribution >= 4 is 6.09 Å². The first-order valence-corrected chi connectivity index (χ1v) is 3.24. The number of nitrogens with one attached hydrogen (secondary N) is 2. The molecule has 0 bridgehead atoms. The van der Waals surface area contributed by atoms with Crippen LogP contribution in [0, 0.1) is 5.92 Å². The van der Waals surface area contributed by atoms with Crippen molar-refractivity contribution in [1.82, 2.24) is 10.6 Å². The van der Waals surface area contributed by atoms with Gasteiger partial charge < -0.3 is 15.7 Å². The van der Waals surface area contributed by atoms with Crippen LogP contribution in [0.1, 0.15) is 13.8 Å². The van der Waals surface area contributed by atoms with Gasteiger partial charge >= 0.3 is 6.09 Å². The molecule has 4 nitrogen and oxygen atoms in total. The molecule has 1 atom stereocenters. The molecule has 0 fully saturated rings. The molecule has 0 saturated carbocycles. The molecule has 4 heteroatoms.